The molecule has 0 aliphatic carbocycles. The minimum absolute atomic E-state index is 0.253. The van der Waals surface area contributed by atoms with Crippen LogP contribution in [0.15, 0.2) is 54.6 Å². The van der Waals surface area contributed by atoms with Crippen LogP contribution in [-0.2, 0) is 9.59 Å². The summed E-state index contributed by atoms with van der Waals surface area (Å²) in [5, 5.41) is 14.4. The second-order valence-corrected chi connectivity index (χ2v) is 5.24. The van der Waals surface area contributed by atoms with E-state index in [-0.39, 0.29) is 12.3 Å². The van der Waals surface area contributed by atoms with Gasteiger partial charge >= 0.3 is 0 Å². The quantitative estimate of drug-likeness (QED) is 0.812. The molecule has 0 unspecified atom stereocenters. The molecule has 0 heterocycles. The zero-order valence-electron chi connectivity index (χ0n) is 12.6. The minimum Gasteiger partial charge on any atom is -0.323 e. The highest BCUT2D eigenvalue weighted by atomic mass is 35.5. The van der Waals surface area contributed by atoms with Gasteiger partial charge in [-0.2, -0.15) is 5.26 Å². The Morgan fingerprint density at radius 3 is 2.46 bits per heavy atom. The fraction of sp³-hybridized carbons (Fsp3) is 0.0556. The molecule has 6 heteroatoms. The fourth-order valence-electron chi connectivity index (χ4n) is 1.92. The van der Waals surface area contributed by atoms with Crippen LogP contribution in [0.2, 0.25) is 5.02 Å². The Kier molecular flexibility index (Phi) is 6.12. The van der Waals surface area contributed by atoms with E-state index in [1.807, 2.05) is 6.07 Å². The van der Waals surface area contributed by atoms with E-state index in [9.17, 15) is 9.59 Å². The van der Waals surface area contributed by atoms with E-state index in [1.165, 1.54) is 6.08 Å². The van der Waals surface area contributed by atoms with Gasteiger partial charge in [0.2, 0.25) is 11.8 Å². The second kappa shape index (κ2) is 8.51. The van der Waals surface area contributed by atoms with E-state index >= 15 is 0 Å². The highest BCUT2D eigenvalue weighted by molar-refractivity contribution is 6.30. The molecule has 0 aromatic heterocycles. The van der Waals surface area contributed by atoms with Gasteiger partial charge in [-0.25, -0.2) is 0 Å². The van der Waals surface area contributed by atoms with E-state index in [2.05, 4.69) is 10.6 Å². The fourth-order valence-corrected chi connectivity index (χ4v) is 2.12. The summed E-state index contributed by atoms with van der Waals surface area (Å²) in [5.41, 5.74) is 1.68. The van der Waals surface area contributed by atoms with Crippen LogP contribution in [0.3, 0.4) is 0 Å². The third kappa shape index (κ3) is 5.27. The number of anilines is 2. The number of carbonyl (C=O) groups is 2. The number of hydrogen-bond acceptors (Lipinski definition) is 3. The number of rotatable bonds is 5. The lowest BCUT2D eigenvalue weighted by molar-refractivity contribution is -0.115. The van der Waals surface area contributed by atoms with E-state index in [1.54, 1.807) is 54.6 Å². The third-order valence-corrected chi connectivity index (χ3v) is 3.21. The van der Waals surface area contributed by atoms with Crippen LogP contribution in [-0.4, -0.2) is 11.8 Å². The van der Waals surface area contributed by atoms with Gasteiger partial charge in [-0.05, 0) is 35.9 Å². The summed E-state index contributed by atoms with van der Waals surface area (Å²) in [7, 11) is 0. The van der Waals surface area contributed by atoms with Crippen LogP contribution < -0.4 is 10.6 Å². The molecular weight excluding hydrogens is 326 g/mol. The Hall–Kier alpha value is -3.10. The molecule has 2 aromatic carbocycles. The Labute approximate surface area is 144 Å². The number of para-hydroxylation sites is 2. The number of amides is 2. The van der Waals surface area contributed by atoms with Crippen LogP contribution in [0.1, 0.15) is 12.0 Å². The first-order chi connectivity index (χ1) is 11.6. The first-order valence-electron chi connectivity index (χ1n) is 7.09. The second-order valence-electron chi connectivity index (χ2n) is 4.81. The summed E-state index contributed by atoms with van der Waals surface area (Å²) in [4.78, 5) is 23.6. The molecule has 2 rings (SSSR count). The SMILES string of the molecule is N#CCC(=O)Nc1ccccc1NC(=O)/C=C/c1cccc(Cl)c1. The Morgan fingerprint density at radius 1 is 1.08 bits per heavy atom. The average molecular weight is 340 g/mol. The normalized spacial score (nSPS) is 10.2. The van der Waals surface area contributed by atoms with E-state index < -0.39 is 5.91 Å². The minimum atomic E-state index is -0.436. The summed E-state index contributed by atoms with van der Waals surface area (Å²) in [5.74, 6) is -0.786. The van der Waals surface area contributed by atoms with Crippen molar-refractivity contribution in [2.75, 3.05) is 10.6 Å². The van der Waals surface area contributed by atoms with E-state index in [0.29, 0.717) is 16.4 Å². The smallest absolute Gasteiger partial charge is 0.248 e. The van der Waals surface area contributed by atoms with Crippen molar-refractivity contribution in [1.82, 2.24) is 0 Å². The highest BCUT2D eigenvalue weighted by Gasteiger charge is 2.07. The summed E-state index contributed by atoms with van der Waals surface area (Å²) in [6.45, 7) is 0. The molecule has 0 saturated heterocycles. The molecule has 0 fully saturated rings. The van der Waals surface area contributed by atoms with Crippen molar-refractivity contribution in [3.05, 3.63) is 65.2 Å². The number of hydrogen-bond donors (Lipinski definition) is 2. The van der Waals surface area contributed by atoms with Crippen LogP contribution >= 0.6 is 11.6 Å². The maximum atomic E-state index is 12.0. The molecule has 2 N–H and O–H groups in total. The van der Waals surface area contributed by atoms with Gasteiger partial charge in [-0.15, -0.1) is 0 Å². The molecule has 24 heavy (non-hydrogen) atoms. The van der Waals surface area contributed by atoms with Gasteiger partial charge in [0.05, 0.1) is 17.4 Å². The van der Waals surface area contributed by atoms with Gasteiger partial charge < -0.3 is 10.6 Å². The average Bonchev–Trinajstić information content (AvgIpc) is 2.55. The van der Waals surface area contributed by atoms with Crippen LogP contribution in [0.5, 0.6) is 0 Å². The van der Waals surface area contributed by atoms with Crippen molar-refractivity contribution >= 4 is 40.9 Å². The van der Waals surface area contributed by atoms with Crippen molar-refractivity contribution in [2.24, 2.45) is 0 Å². The van der Waals surface area contributed by atoms with Gasteiger partial charge in [-0.1, -0.05) is 35.9 Å². The Bertz CT molecular complexity index is 825. The maximum Gasteiger partial charge on any atom is 0.248 e. The summed E-state index contributed by atoms with van der Waals surface area (Å²) < 4.78 is 0. The van der Waals surface area contributed by atoms with Gasteiger partial charge in [0.1, 0.15) is 6.42 Å². The number of halogens is 1. The highest BCUT2D eigenvalue weighted by Crippen LogP contribution is 2.21. The first-order valence-corrected chi connectivity index (χ1v) is 7.47. The van der Waals surface area contributed by atoms with E-state index in [4.69, 9.17) is 16.9 Å². The van der Waals surface area contributed by atoms with Crippen molar-refractivity contribution in [3.63, 3.8) is 0 Å². The maximum absolute atomic E-state index is 12.0. The zero-order valence-corrected chi connectivity index (χ0v) is 13.4. The molecule has 0 spiro atoms. The van der Waals surface area contributed by atoms with E-state index in [0.717, 1.165) is 5.56 Å². The van der Waals surface area contributed by atoms with Crippen molar-refractivity contribution in [3.8, 4) is 6.07 Å². The number of nitrogens with zero attached hydrogens (tertiary/aromatic N) is 1. The number of carbonyl (C=O) groups excluding carboxylic acids is 2. The molecule has 120 valence electrons. The summed E-state index contributed by atoms with van der Waals surface area (Å²) in [6, 6.07) is 15.6. The monoisotopic (exact) mass is 339 g/mol. The molecular formula is C18H14ClN3O2. The number of nitriles is 1. The predicted octanol–water partition coefficient (Wildman–Crippen LogP) is 3.84. The molecule has 0 bridgehead atoms. The van der Waals surface area contributed by atoms with Gasteiger partial charge in [0.25, 0.3) is 0 Å². The molecule has 5 nitrogen and oxygen atoms in total. The van der Waals surface area contributed by atoms with Crippen LogP contribution in [0.25, 0.3) is 6.08 Å². The lowest BCUT2D eigenvalue weighted by Gasteiger charge is -2.10. The number of benzene rings is 2. The standard InChI is InChI=1S/C18H14ClN3O2/c19-14-5-3-4-13(12-14)8-9-17(23)21-15-6-1-2-7-16(15)22-18(24)10-11-20/h1-9,12H,10H2,(H,21,23)(H,22,24)/b9-8+. The summed E-state index contributed by atoms with van der Waals surface area (Å²) in [6.07, 6.45) is 2.76. The molecule has 0 aliphatic heterocycles. The summed E-state index contributed by atoms with van der Waals surface area (Å²) >= 11 is 5.89. The van der Waals surface area contributed by atoms with Crippen LogP contribution in [0, 0.1) is 11.3 Å². The van der Waals surface area contributed by atoms with Gasteiger partial charge in [0.15, 0.2) is 0 Å². The Balaban J connectivity index is 2.06. The van der Waals surface area contributed by atoms with Crippen molar-refractivity contribution in [1.29, 1.82) is 5.26 Å². The van der Waals surface area contributed by atoms with Gasteiger partial charge in [0, 0.05) is 11.1 Å². The molecule has 0 aliphatic rings. The third-order valence-electron chi connectivity index (χ3n) is 2.97. The zero-order chi connectivity index (χ0) is 17.4. The van der Waals surface area contributed by atoms with Gasteiger partial charge in [-0.3, -0.25) is 9.59 Å². The number of nitrogens with one attached hydrogen (secondary N) is 2. The van der Waals surface area contributed by atoms with Crippen LogP contribution in [0.4, 0.5) is 11.4 Å². The molecule has 2 aromatic rings. The van der Waals surface area contributed by atoms with Crippen molar-refractivity contribution < 1.29 is 9.59 Å². The molecule has 0 radical (unpaired) electrons. The lowest BCUT2D eigenvalue weighted by Crippen LogP contribution is -2.14. The molecule has 0 atom stereocenters. The first kappa shape index (κ1) is 17.3. The molecule has 2 amide bonds. The molecule has 0 saturated carbocycles. The Morgan fingerprint density at radius 2 is 1.79 bits per heavy atom. The topological polar surface area (TPSA) is 82.0 Å². The van der Waals surface area contributed by atoms with Crippen molar-refractivity contribution in [2.45, 2.75) is 6.42 Å². The predicted molar refractivity (Wildman–Crippen MR) is 94.4 cm³/mol. The largest absolute Gasteiger partial charge is 0.323 e. The lowest BCUT2D eigenvalue weighted by atomic mass is 10.2.